The van der Waals surface area contributed by atoms with E-state index < -0.39 is 4.92 Å². The molecule has 2 unspecified atom stereocenters. The summed E-state index contributed by atoms with van der Waals surface area (Å²) in [6.07, 6.45) is 3.92. The molecule has 104 valence electrons. The van der Waals surface area contributed by atoms with Crippen LogP contribution in [0, 0.1) is 10.1 Å². The Morgan fingerprint density at radius 3 is 3.05 bits per heavy atom. The first-order chi connectivity index (χ1) is 9.10. The van der Waals surface area contributed by atoms with Crippen molar-refractivity contribution in [2.45, 2.75) is 30.9 Å². The largest absolute Gasteiger partial charge is 0.408 e. The molecule has 7 nitrogen and oxygen atoms in total. The first kappa shape index (κ1) is 12.8. The van der Waals surface area contributed by atoms with Crippen LogP contribution in [0.2, 0.25) is 5.02 Å². The number of hydrogen-bond acceptors (Lipinski definition) is 5. The van der Waals surface area contributed by atoms with E-state index in [1.165, 1.54) is 6.20 Å². The van der Waals surface area contributed by atoms with E-state index >= 15 is 0 Å². The highest BCUT2D eigenvalue weighted by Gasteiger charge is 2.42. The molecule has 0 aliphatic carbocycles. The molecule has 2 fully saturated rings. The lowest BCUT2D eigenvalue weighted by atomic mass is 9.90. The summed E-state index contributed by atoms with van der Waals surface area (Å²) in [6, 6.07) is 0.0710. The summed E-state index contributed by atoms with van der Waals surface area (Å²) < 4.78 is 12.8. The summed E-state index contributed by atoms with van der Waals surface area (Å²) in [5.74, 6) is -0.287. The van der Waals surface area contributed by atoms with Gasteiger partial charge in [0, 0.05) is 26.1 Å². The fraction of sp³-hybridized carbons (Fsp3) is 0.727. The molecule has 19 heavy (non-hydrogen) atoms. The normalized spacial score (nSPS) is 30.9. The molecular weight excluding hydrogens is 274 g/mol. The molecule has 0 bridgehead atoms. The van der Waals surface area contributed by atoms with Crippen LogP contribution in [0.1, 0.15) is 25.3 Å². The van der Waals surface area contributed by atoms with Gasteiger partial charge >= 0.3 is 5.82 Å². The smallest absolute Gasteiger partial charge is 0.378 e. The van der Waals surface area contributed by atoms with Gasteiger partial charge in [-0.2, -0.15) is 4.68 Å². The number of nitro groups is 1. The maximum Gasteiger partial charge on any atom is 0.408 e. The summed E-state index contributed by atoms with van der Waals surface area (Å²) in [7, 11) is 0. The summed E-state index contributed by atoms with van der Waals surface area (Å²) in [4.78, 5) is 10.2. The summed E-state index contributed by atoms with van der Waals surface area (Å²) in [5.41, 5.74) is -0.254. The number of rotatable bonds is 2. The fourth-order valence-corrected chi connectivity index (χ4v) is 2.97. The SMILES string of the molecule is O=[N+]([O-])c1nn(C2CCOC3(CCOC3)C2)cc1Cl. The molecule has 2 saturated heterocycles. The number of halogens is 1. The van der Waals surface area contributed by atoms with E-state index in [4.69, 9.17) is 21.1 Å². The van der Waals surface area contributed by atoms with Crippen molar-refractivity contribution in [1.29, 1.82) is 0 Å². The third-order valence-corrected chi connectivity index (χ3v) is 4.02. The van der Waals surface area contributed by atoms with Crippen LogP contribution in [-0.2, 0) is 9.47 Å². The van der Waals surface area contributed by atoms with Gasteiger partial charge in [0.15, 0.2) is 5.02 Å². The van der Waals surface area contributed by atoms with Crippen molar-refractivity contribution in [2.75, 3.05) is 19.8 Å². The second-order valence-corrected chi connectivity index (χ2v) is 5.43. The fourth-order valence-electron chi connectivity index (χ4n) is 2.76. The minimum Gasteiger partial charge on any atom is -0.378 e. The summed E-state index contributed by atoms with van der Waals surface area (Å²) >= 11 is 5.83. The quantitative estimate of drug-likeness (QED) is 0.613. The van der Waals surface area contributed by atoms with E-state index in [1.54, 1.807) is 4.68 Å². The van der Waals surface area contributed by atoms with Crippen molar-refractivity contribution in [1.82, 2.24) is 9.78 Å². The third kappa shape index (κ3) is 2.33. The molecule has 8 heteroatoms. The van der Waals surface area contributed by atoms with Gasteiger partial charge in [-0.25, -0.2) is 0 Å². The van der Waals surface area contributed by atoms with Crippen LogP contribution in [0.15, 0.2) is 6.20 Å². The molecule has 2 aliphatic rings. The predicted molar refractivity (Wildman–Crippen MR) is 66.3 cm³/mol. The molecule has 0 radical (unpaired) electrons. The summed E-state index contributed by atoms with van der Waals surface area (Å²) in [6.45, 7) is 1.90. The zero-order chi connectivity index (χ0) is 13.5. The van der Waals surface area contributed by atoms with Crippen molar-refractivity contribution in [3.05, 3.63) is 21.3 Å². The van der Waals surface area contributed by atoms with Crippen LogP contribution in [0.5, 0.6) is 0 Å². The molecule has 3 heterocycles. The Morgan fingerprint density at radius 1 is 1.58 bits per heavy atom. The van der Waals surface area contributed by atoms with Crippen LogP contribution in [0.25, 0.3) is 0 Å². The second-order valence-electron chi connectivity index (χ2n) is 5.02. The lowest BCUT2D eigenvalue weighted by molar-refractivity contribution is -0.389. The lowest BCUT2D eigenvalue weighted by Crippen LogP contribution is -2.41. The molecule has 2 atom stereocenters. The minimum atomic E-state index is -0.563. The first-order valence-electron chi connectivity index (χ1n) is 6.20. The van der Waals surface area contributed by atoms with Crippen LogP contribution in [0.3, 0.4) is 0 Å². The monoisotopic (exact) mass is 287 g/mol. The first-order valence-corrected chi connectivity index (χ1v) is 6.58. The van der Waals surface area contributed by atoms with Gasteiger partial charge in [-0.05, 0) is 11.3 Å². The highest BCUT2D eigenvalue weighted by Crippen LogP contribution is 2.38. The standard InChI is InChI=1S/C11H14ClN3O4/c12-9-6-14(13-10(9)15(16)17)8-1-3-19-11(5-8)2-4-18-7-11/h6,8H,1-5,7H2. The van der Waals surface area contributed by atoms with Gasteiger partial charge in [-0.15, -0.1) is 0 Å². The molecular formula is C11H14ClN3O4. The highest BCUT2D eigenvalue weighted by atomic mass is 35.5. The van der Waals surface area contributed by atoms with Crippen LogP contribution < -0.4 is 0 Å². The Bertz CT molecular complexity index is 498. The Hall–Kier alpha value is -1.18. The van der Waals surface area contributed by atoms with Gasteiger partial charge in [-0.1, -0.05) is 11.6 Å². The Morgan fingerprint density at radius 2 is 2.42 bits per heavy atom. The molecule has 0 aromatic carbocycles. The zero-order valence-corrected chi connectivity index (χ0v) is 11.0. The van der Waals surface area contributed by atoms with E-state index in [1.807, 2.05) is 0 Å². The van der Waals surface area contributed by atoms with Crippen molar-refractivity contribution < 1.29 is 14.4 Å². The van der Waals surface area contributed by atoms with Gasteiger partial charge in [0.1, 0.15) is 0 Å². The highest BCUT2D eigenvalue weighted by molar-refractivity contribution is 6.32. The van der Waals surface area contributed by atoms with Gasteiger partial charge in [0.05, 0.1) is 29.5 Å². The molecule has 1 spiro atoms. The van der Waals surface area contributed by atoms with Crippen molar-refractivity contribution in [3.8, 4) is 0 Å². The zero-order valence-electron chi connectivity index (χ0n) is 10.2. The van der Waals surface area contributed by atoms with Crippen molar-refractivity contribution in [3.63, 3.8) is 0 Å². The minimum absolute atomic E-state index is 0.0710. The average Bonchev–Trinajstić information content (AvgIpc) is 2.97. The molecule has 0 N–H and O–H groups in total. The van der Waals surface area contributed by atoms with E-state index in [9.17, 15) is 10.1 Å². The van der Waals surface area contributed by atoms with Crippen LogP contribution >= 0.6 is 11.6 Å². The predicted octanol–water partition coefficient (Wildman–Crippen LogP) is 1.96. The maximum atomic E-state index is 10.8. The lowest BCUT2D eigenvalue weighted by Gasteiger charge is -2.36. The molecule has 0 amide bonds. The van der Waals surface area contributed by atoms with Gasteiger partial charge < -0.3 is 19.6 Å². The molecule has 3 rings (SSSR count). The Balaban J connectivity index is 1.82. The molecule has 1 aromatic heterocycles. The molecule has 2 aliphatic heterocycles. The average molecular weight is 288 g/mol. The topological polar surface area (TPSA) is 79.4 Å². The number of aromatic nitrogens is 2. The van der Waals surface area contributed by atoms with Crippen molar-refractivity contribution in [2.24, 2.45) is 0 Å². The van der Waals surface area contributed by atoms with E-state index in [0.717, 1.165) is 19.3 Å². The van der Waals surface area contributed by atoms with E-state index in [2.05, 4.69) is 5.10 Å². The Labute approximate surface area is 114 Å². The Kier molecular flexibility index (Phi) is 3.20. The molecule has 0 saturated carbocycles. The summed E-state index contributed by atoms with van der Waals surface area (Å²) in [5, 5.41) is 14.8. The van der Waals surface area contributed by atoms with Gasteiger partial charge in [0.2, 0.25) is 0 Å². The number of ether oxygens (including phenoxy) is 2. The number of nitrogens with zero attached hydrogens (tertiary/aromatic N) is 3. The number of hydrogen-bond donors (Lipinski definition) is 0. The van der Waals surface area contributed by atoms with Gasteiger partial charge in [-0.3, -0.25) is 0 Å². The van der Waals surface area contributed by atoms with Gasteiger partial charge in [0.25, 0.3) is 0 Å². The van der Waals surface area contributed by atoms with Crippen LogP contribution in [-0.4, -0.2) is 40.1 Å². The van der Waals surface area contributed by atoms with Crippen LogP contribution in [0.4, 0.5) is 5.82 Å². The van der Waals surface area contributed by atoms with Crippen molar-refractivity contribution >= 4 is 17.4 Å². The second kappa shape index (κ2) is 4.73. The van der Waals surface area contributed by atoms with E-state index in [0.29, 0.717) is 19.8 Å². The van der Waals surface area contributed by atoms with E-state index in [-0.39, 0.29) is 22.5 Å². The molecule has 1 aromatic rings. The maximum absolute atomic E-state index is 10.8. The third-order valence-electron chi connectivity index (χ3n) is 3.75.